The zero-order chi connectivity index (χ0) is 12.6. The van der Waals surface area contributed by atoms with Crippen molar-refractivity contribution in [2.45, 2.75) is 13.0 Å². The largest absolute Gasteiger partial charge is 0.369 e. The highest BCUT2D eigenvalue weighted by atomic mass is 19.1. The highest BCUT2D eigenvalue weighted by Crippen LogP contribution is 2.27. The second kappa shape index (κ2) is 4.33. The molecular formula is C12H16FN3O. The van der Waals surface area contributed by atoms with Crippen molar-refractivity contribution in [2.24, 2.45) is 17.4 Å². The van der Waals surface area contributed by atoms with Crippen LogP contribution in [0.5, 0.6) is 0 Å². The van der Waals surface area contributed by atoms with Crippen LogP contribution in [-0.4, -0.2) is 25.0 Å². The molecule has 1 aromatic carbocycles. The molecule has 2 atom stereocenters. The van der Waals surface area contributed by atoms with Gasteiger partial charge in [0.2, 0.25) is 0 Å². The summed E-state index contributed by atoms with van der Waals surface area (Å²) in [6.45, 7) is 3.47. The van der Waals surface area contributed by atoms with Gasteiger partial charge >= 0.3 is 0 Å². The Labute approximate surface area is 99.4 Å². The summed E-state index contributed by atoms with van der Waals surface area (Å²) in [5, 5.41) is 0. The molecule has 1 fully saturated rings. The fraction of sp³-hybridized carbons (Fsp3) is 0.417. The molecule has 1 saturated heterocycles. The lowest BCUT2D eigenvalue weighted by Crippen LogP contribution is -2.29. The third kappa shape index (κ3) is 2.24. The summed E-state index contributed by atoms with van der Waals surface area (Å²) in [7, 11) is 0. The standard InChI is InChI=1S/C12H16FN3O/c1-7-5-16(6-10(7)14)11-3-2-8(13)4-9(11)12(15)17/h2-4,7,10H,5-6,14H2,1H3,(H2,15,17). The van der Waals surface area contributed by atoms with Gasteiger partial charge in [-0.25, -0.2) is 4.39 Å². The van der Waals surface area contributed by atoms with Gasteiger partial charge < -0.3 is 16.4 Å². The maximum Gasteiger partial charge on any atom is 0.250 e. The van der Waals surface area contributed by atoms with E-state index in [-0.39, 0.29) is 11.6 Å². The molecule has 0 bridgehead atoms. The van der Waals surface area contributed by atoms with Gasteiger partial charge in [0.1, 0.15) is 5.82 Å². The molecule has 0 spiro atoms. The number of hydrogen-bond acceptors (Lipinski definition) is 3. The van der Waals surface area contributed by atoms with Crippen molar-refractivity contribution in [3.05, 3.63) is 29.6 Å². The van der Waals surface area contributed by atoms with Crippen LogP contribution in [0.3, 0.4) is 0 Å². The first-order chi connectivity index (χ1) is 7.99. The van der Waals surface area contributed by atoms with Crippen LogP contribution in [-0.2, 0) is 0 Å². The molecule has 1 aromatic rings. The maximum atomic E-state index is 13.1. The lowest BCUT2D eigenvalue weighted by Gasteiger charge is -2.20. The van der Waals surface area contributed by atoms with Gasteiger partial charge in [-0.2, -0.15) is 0 Å². The van der Waals surface area contributed by atoms with Gasteiger partial charge in [-0.05, 0) is 24.1 Å². The zero-order valence-corrected chi connectivity index (χ0v) is 9.69. The van der Waals surface area contributed by atoms with Gasteiger partial charge in [0.15, 0.2) is 0 Å². The van der Waals surface area contributed by atoms with Crippen molar-refractivity contribution in [3.8, 4) is 0 Å². The van der Waals surface area contributed by atoms with Crippen molar-refractivity contribution in [1.82, 2.24) is 0 Å². The van der Waals surface area contributed by atoms with E-state index >= 15 is 0 Å². The molecule has 0 saturated carbocycles. The first-order valence-electron chi connectivity index (χ1n) is 5.59. The molecule has 0 aromatic heterocycles. The van der Waals surface area contributed by atoms with Crippen LogP contribution in [0.15, 0.2) is 18.2 Å². The molecule has 4 N–H and O–H groups in total. The predicted octanol–water partition coefficient (Wildman–Crippen LogP) is 0.708. The minimum Gasteiger partial charge on any atom is -0.369 e. The smallest absolute Gasteiger partial charge is 0.250 e. The minimum atomic E-state index is -0.618. The highest BCUT2D eigenvalue weighted by molar-refractivity contribution is 5.98. The van der Waals surface area contributed by atoms with E-state index in [4.69, 9.17) is 11.5 Å². The van der Waals surface area contributed by atoms with Crippen LogP contribution in [0.25, 0.3) is 0 Å². The summed E-state index contributed by atoms with van der Waals surface area (Å²) in [6.07, 6.45) is 0. The molecular weight excluding hydrogens is 221 g/mol. The first kappa shape index (κ1) is 11.9. The number of carbonyl (C=O) groups is 1. The van der Waals surface area contributed by atoms with E-state index in [0.29, 0.717) is 18.2 Å². The number of nitrogens with zero attached hydrogens (tertiary/aromatic N) is 1. The van der Waals surface area contributed by atoms with Crippen molar-refractivity contribution in [1.29, 1.82) is 0 Å². The quantitative estimate of drug-likeness (QED) is 0.795. The van der Waals surface area contributed by atoms with Gasteiger partial charge in [0, 0.05) is 24.8 Å². The minimum absolute atomic E-state index is 0.0702. The van der Waals surface area contributed by atoms with Crippen LogP contribution in [0, 0.1) is 11.7 Å². The number of anilines is 1. The summed E-state index contributed by atoms with van der Waals surface area (Å²) in [4.78, 5) is 13.3. The van der Waals surface area contributed by atoms with Crippen molar-refractivity contribution in [3.63, 3.8) is 0 Å². The Morgan fingerprint density at radius 1 is 1.47 bits per heavy atom. The Morgan fingerprint density at radius 3 is 2.71 bits per heavy atom. The van der Waals surface area contributed by atoms with Crippen molar-refractivity contribution >= 4 is 11.6 Å². The second-order valence-electron chi connectivity index (χ2n) is 4.57. The van der Waals surface area contributed by atoms with Gasteiger partial charge in [0.05, 0.1) is 5.56 Å². The molecule has 2 unspecified atom stereocenters. The molecule has 2 rings (SSSR count). The number of benzene rings is 1. The topological polar surface area (TPSA) is 72.3 Å². The summed E-state index contributed by atoms with van der Waals surface area (Å²) in [5.74, 6) is -0.729. The van der Waals surface area contributed by atoms with E-state index in [9.17, 15) is 9.18 Å². The van der Waals surface area contributed by atoms with Crippen LogP contribution >= 0.6 is 0 Å². The van der Waals surface area contributed by atoms with E-state index in [1.807, 2.05) is 4.90 Å². The second-order valence-corrected chi connectivity index (χ2v) is 4.57. The van der Waals surface area contributed by atoms with E-state index in [1.54, 1.807) is 6.07 Å². The molecule has 5 heteroatoms. The third-order valence-corrected chi connectivity index (χ3v) is 3.24. The molecule has 4 nitrogen and oxygen atoms in total. The van der Waals surface area contributed by atoms with Crippen LogP contribution < -0.4 is 16.4 Å². The number of rotatable bonds is 2. The first-order valence-corrected chi connectivity index (χ1v) is 5.59. The van der Waals surface area contributed by atoms with Gasteiger partial charge in [-0.3, -0.25) is 4.79 Å². The Hall–Kier alpha value is -1.62. The Bertz CT molecular complexity index is 439. The van der Waals surface area contributed by atoms with Crippen molar-refractivity contribution in [2.75, 3.05) is 18.0 Å². The summed E-state index contributed by atoms with van der Waals surface area (Å²) in [6, 6.07) is 4.16. The normalized spacial score (nSPS) is 24.1. The van der Waals surface area contributed by atoms with E-state index in [1.165, 1.54) is 12.1 Å². The van der Waals surface area contributed by atoms with Gasteiger partial charge in [0.25, 0.3) is 5.91 Å². The highest BCUT2D eigenvalue weighted by Gasteiger charge is 2.28. The number of primary amides is 1. The summed E-state index contributed by atoms with van der Waals surface area (Å²) in [5.41, 5.74) is 12.1. The average molecular weight is 237 g/mol. The summed E-state index contributed by atoms with van der Waals surface area (Å²) < 4.78 is 13.1. The Kier molecular flexibility index (Phi) is 3.02. The number of halogens is 1. The van der Waals surface area contributed by atoms with Crippen LogP contribution in [0.2, 0.25) is 0 Å². The molecule has 1 amide bonds. The fourth-order valence-electron chi connectivity index (χ4n) is 2.17. The molecule has 0 radical (unpaired) electrons. The molecule has 0 aliphatic carbocycles. The predicted molar refractivity (Wildman–Crippen MR) is 64.3 cm³/mol. The average Bonchev–Trinajstić information content (AvgIpc) is 2.59. The number of nitrogens with two attached hydrogens (primary N) is 2. The van der Waals surface area contributed by atoms with Gasteiger partial charge in [-0.1, -0.05) is 6.92 Å². The lowest BCUT2D eigenvalue weighted by atomic mass is 10.1. The molecule has 1 heterocycles. The third-order valence-electron chi connectivity index (χ3n) is 3.24. The summed E-state index contributed by atoms with van der Waals surface area (Å²) >= 11 is 0. The van der Waals surface area contributed by atoms with E-state index in [2.05, 4.69) is 6.92 Å². The lowest BCUT2D eigenvalue weighted by molar-refractivity contribution is 0.100. The molecule has 1 aliphatic heterocycles. The number of amides is 1. The maximum absolute atomic E-state index is 13.1. The van der Waals surface area contributed by atoms with Crippen molar-refractivity contribution < 1.29 is 9.18 Å². The SMILES string of the molecule is CC1CN(c2ccc(F)cc2C(N)=O)CC1N. The number of carbonyl (C=O) groups excluding carboxylic acids is 1. The Morgan fingerprint density at radius 2 is 2.18 bits per heavy atom. The molecule has 1 aliphatic rings. The van der Waals surface area contributed by atoms with E-state index in [0.717, 1.165) is 6.54 Å². The fourth-order valence-corrected chi connectivity index (χ4v) is 2.17. The molecule has 17 heavy (non-hydrogen) atoms. The monoisotopic (exact) mass is 237 g/mol. The Balaban J connectivity index is 2.36. The van der Waals surface area contributed by atoms with Crippen LogP contribution in [0.1, 0.15) is 17.3 Å². The molecule has 92 valence electrons. The van der Waals surface area contributed by atoms with Crippen LogP contribution in [0.4, 0.5) is 10.1 Å². The van der Waals surface area contributed by atoms with E-state index < -0.39 is 11.7 Å². The number of hydrogen-bond donors (Lipinski definition) is 2. The van der Waals surface area contributed by atoms with Gasteiger partial charge in [-0.15, -0.1) is 0 Å². The zero-order valence-electron chi connectivity index (χ0n) is 9.69.